The van der Waals surface area contributed by atoms with Gasteiger partial charge in [0.25, 0.3) is 0 Å². The first-order chi connectivity index (χ1) is 9.08. The van der Waals surface area contributed by atoms with Gasteiger partial charge in [-0.1, -0.05) is 6.07 Å². The van der Waals surface area contributed by atoms with Crippen molar-refractivity contribution in [1.82, 2.24) is 4.98 Å². The average Bonchev–Trinajstić information content (AvgIpc) is 2.84. The van der Waals surface area contributed by atoms with Crippen LogP contribution in [0.1, 0.15) is 18.2 Å². The van der Waals surface area contributed by atoms with E-state index in [1.165, 1.54) is 6.07 Å². The number of anilines is 1. The first kappa shape index (κ1) is 14.0. The predicted octanol–water partition coefficient (Wildman–Crippen LogP) is 2.81. The highest BCUT2D eigenvalue weighted by Crippen LogP contribution is 2.25. The van der Waals surface area contributed by atoms with Crippen molar-refractivity contribution in [2.75, 3.05) is 11.9 Å². The Bertz CT molecular complexity index is 525. The Morgan fingerprint density at radius 1 is 1.47 bits per heavy atom. The van der Waals surface area contributed by atoms with Crippen molar-refractivity contribution in [3.05, 3.63) is 46.2 Å². The van der Waals surface area contributed by atoms with E-state index in [0.717, 1.165) is 11.4 Å². The van der Waals surface area contributed by atoms with E-state index in [0.29, 0.717) is 18.5 Å². The Hall–Kier alpha value is -1.46. The minimum absolute atomic E-state index is 0.0664. The third-order valence-corrected chi connectivity index (χ3v) is 3.55. The van der Waals surface area contributed by atoms with Crippen molar-refractivity contribution in [3.8, 4) is 0 Å². The standard InChI is InChI=1S/C14H18FN3S/c1-10(16)6-12-13(15)4-3-5-14(12)18(2)7-11-8-19-9-17-11/h3-5,8-10H,6-7,16H2,1-2H3. The monoisotopic (exact) mass is 279 g/mol. The Labute approximate surface area is 116 Å². The summed E-state index contributed by atoms with van der Waals surface area (Å²) in [6.07, 6.45) is 0.531. The topological polar surface area (TPSA) is 42.1 Å². The van der Waals surface area contributed by atoms with Crippen molar-refractivity contribution in [2.24, 2.45) is 5.73 Å². The van der Waals surface area contributed by atoms with Crippen LogP contribution in [0.2, 0.25) is 0 Å². The molecule has 0 aliphatic heterocycles. The molecule has 2 N–H and O–H groups in total. The molecule has 0 aliphatic carbocycles. The zero-order chi connectivity index (χ0) is 13.8. The lowest BCUT2D eigenvalue weighted by molar-refractivity contribution is 0.595. The Morgan fingerprint density at radius 3 is 2.89 bits per heavy atom. The molecule has 1 aromatic heterocycles. The van der Waals surface area contributed by atoms with Gasteiger partial charge in [0.05, 0.1) is 17.7 Å². The van der Waals surface area contributed by atoms with Crippen LogP contribution in [0.15, 0.2) is 29.1 Å². The van der Waals surface area contributed by atoms with Crippen LogP contribution < -0.4 is 10.6 Å². The summed E-state index contributed by atoms with van der Waals surface area (Å²) in [6.45, 7) is 2.55. The number of thiazole rings is 1. The number of nitrogens with zero attached hydrogens (tertiary/aromatic N) is 2. The van der Waals surface area contributed by atoms with Crippen LogP contribution in [-0.4, -0.2) is 18.1 Å². The fourth-order valence-corrected chi connectivity index (χ4v) is 2.62. The molecule has 1 atom stereocenters. The van der Waals surface area contributed by atoms with Gasteiger partial charge in [0.1, 0.15) is 5.82 Å². The van der Waals surface area contributed by atoms with Gasteiger partial charge in [-0.15, -0.1) is 11.3 Å². The van der Waals surface area contributed by atoms with Crippen LogP contribution in [0.3, 0.4) is 0 Å². The number of aromatic nitrogens is 1. The third kappa shape index (κ3) is 3.52. The summed E-state index contributed by atoms with van der Waals surface area (Å²) in [6, 6.07) is 5.07. The molecule has 0 aliphatic rings. The molecule has 2 rings (SSSR count). The summed E-state index contributed by atoms with van der Waals surface area (Å²) in [5.74, 6) is -0.195. The normalized spacial score (nSPS) is 12.4. The first-order valence-corrected chi connectivity index (χ1v) is 7.13. The van der Waals surface area contributed by atoms with E-state index in [-0.39, 0.29) is 11.9 Å². The Kier molecular flexibility index (Phi) is 4.50. The quantitative estimate of drug-likeness (QED) is 0.915. The van der Waals surface area contributed by atoms with Crippen molar-refractivity contribution in [2.45, 2.75) is 25.9 Å². The molecule has 0 saturated heterocycles. The van der Waals surface area contributed by atoms with Crippen LogP contribution in [0.4, 0.5) is 10.1 Å². The molecular formula is C14H18FN3S. The van der Waals surface area contributed by atoms with Gasteiger partial charge in [0, 0.05) is 29.7 Å². The van der Waals surface area contributed by atoms with Gasteiger partial charge >= 0.3 is 0 Å². The van der Waals surface area contributed by atoms with Crippen molar-refractivity contribution in [3.63, 3.8) is 0 Å². The van der Waals surface area contributed by atoms with Gasteiger partial charge in [0.15, 0.2) is 0 Å². The number of halogens is 1. The molecule has 1 aromatic carbocycles. The van der Waals surface area contributed by atoms with Gasteiger partial charge in [-0.05, 0) is 25.5 Å². The second-order valence-corrected chi connectivity index (χ2v) is 5.47. The van der Waals surface area contributed by atoms with E-state index in [1.807, 2.05) is 30.3 Å². The minimum Gasteiger partial charge on any atom is -0.368 e. The molecule has 2 aromatic rings. The van der Waals surface area contributed by atoms with E-state index < -0.39 is 0 Å². The third-order valence-electron chi connectivity index (χ3n) is 2.91. The lowest BCUT2D eigenvalue weighted by Crippen LogP contribution is -2.23. The summed E-state index contributed by atoms with van der Waals surface area (Å²) in [5.41, 5.74) is 10.2. The molecule has 1 heterocycles. The van der Waals surface area contributed by atoms with E-state index in [2.05, 4.69) is 4.98 Å². The van der Waals surface area contributed by atoms with Gasteiger partial charge in [-0.3, -0.25) is 0 Å². The second kappa shape index (κ2) is 6.12. The molecule has 19 heavy (non-hydrogen) atoms. The van der Waals surface area contributed by atoms with E-state index in [1.54, 1.807) is 22.9 Å². The second-order valence-electron chi connectivity index (χ2n) is 4.75. The Morgan fingerprint density at radius 2 is 2.26 bits per heavy atom. The van der Waals surface area contributed by atoms with Crippen LogP contribution in [0.5, 0.6) is 0 Å². The zero-order valence-corrected chi connectivity index (χ0v) is 12.0. The van der Waals surface area contributed by atoms with Gasteiger partial charge < -0.3 is 10.6 Å². The molecule has 0 fully saturated rings. The summed E-state index contributed by atoms with van der Waals surface area (Å²) in [5, 5.41) is 2.00. The predicted molar refractivity (Wildman–Crippen MR) is 78.0 cm³/mol. The molecular weight excluding hydrogens is 261 g/mol. The molecule has 0 saturated carbocycles. The van der Waals surface area contributed by atoms with Gasteiger partial charge in [-0.25, -0.2) is 9.37 Å². The van der Waals surface area contributed by atoms with E-state index >= 15 is 0 Å². The number of rotatable bonds is 5. The van der Waals surface area contributed by atoms with Crippen LogP contribution in [-0.2, 0) is 13.0 Å². The molecule has 0 spiro atoms. The van der Waals surface area contributed by atoms with Crippen molar-refractivity contribution in [1.29, 1.82) is 0 Å². The highest BCUT2D eigenvalue weighted by molar-refractivity contribution is 7.07. The van der Waals surface area contributed by atoms with Crippen LogP contribution in [0.25, 0.3) is 0 Å². The summed E-state index contributed by atoms with van der Waals surface area (Å²) >= 11 is 1.56. The molecule has 3 nitrogen and oxygen atoms in total. The first-order valence-electron chi connectivity index (χ1n) is 6.19. The molecule has 1 unspecified atom stereocenters. The lowest BCUT2D eigenvalue weighted by Gasteiger charge is -2.22. The fourth-order valence-electron chi connectivity index (χ4n) is 2.07. The minimum atomic E-state index is -0.195. The number of nitrogens with two attached hydrogens (primary N) is 1. The van der Waals surface area contributed by atoms with Crippen molar-refractivity contribution < 1.29 is 4.39 Å². The Balaban J connectivity index is 2.25. The van der Waals surface area contributed by atoms with Gasteiger partial charge in [0.2, 0.25) is 0 Å². The van der Waals surface area contributed by atoms with E-state index in [4.69, 9.17) is 5.73 Å². The molecule has 102 valence electrons. The summed E-state index contributed by atoms with van der Waals surface area (Å²) < 4.78 is 14.0. The van der Waals surface area contributed by atoms with Crippen molar-refractivity contribution >= 4 is 17.0 Å². The van der Waals surface area contributed by atoms with E-state index in [9.17, 15) is 4.39 Å². The highest BCUT2D eigenvalue weighted by Gasteiger charge is 2.14. The van der Waals surface area contributed by atoms with Gasteiger partial charge in [-0.2, -0.15) is 0 Å². The lowest BCUT2D eigenvalue weighted by atomic mass is 10.0. The summed E-state index contributed by atoms with van der Waals surface area (Å²) in [4.78, 5) is 6.26. The van der Waals surface area contributed by atoms with Crippen LogP contribution in [0, 0.1) is 5.82 Å². The maximum Gasteiger partial charge on any atom is 0.128 e. The largest absolute Gasteiger partial charge is 0.368 e. The maximum atomic E-state index is 14.0. The summed E-state index contributed by atoms with van der Waals surface area (Å²) in [7, 11) is 1.94. The molecule has 0 bridgehead atoms. The zero-order valence-electron chi connectivity index (χ0n) is 11.1. The maximum absolute atomic E-state index is 14.0. The van der Waals surface area contributed by atoms with Crippen LogP contribution >= 0.6 is 11.3 Å². The molecule has 0 radical (unpaired) electrons. The SMILES string of the molecule is CC(N)Cc1c(F)cccc1N(C)Cc1cscn1. The molecule has 5 heteroatoms. The average molecular weight is 279 g/mol. The highest BCUT2D eigenvalue weighted by atomic mass is 32.1. The fraction of sp³-hybridized carbons (Fsp3) is 0.357. The number of hydrogen-bond donors (Lipinski definition) is 1. The number of benzene rings is 1. The number of hydrogen-bond acceptors (Lipinski definition) is 4. The smallest absolute Gasteiger partial charge is 0.128 e. The molecule has 0 amide bonds.